The quantitative estimate of drug-likeness (QED) is 0.341. The molecule has 158 valence electrons. The van der Waals surface area contributed by atoms with E-state index >= 15 is 0 Å². The zero-order valence-corrected chi connectivity index (χ0v) is 19.8. The zero-order valence-electron chi connectivity index (χ0n) is 17.4. The molecule has 0 amide bonds. The van der Waals surface area contributed by atoms with Gasteiger partial charge in [-0.05, 0) is 49.4 Å². The van der Waals surface area contributed by atoms with Crippen molar-refractivity contribution in [3.63, 3.8) is 0 Å². The Morgan fingerprint density at radius 1 is 1.14 bits per heavy atom. The van der Waals surface area contributed by atoms with E-state index < -0.39 is 0 Å². The van der Waals surface area contributed by atoms with Crippen LogP contribution < -0.4 is 20.1 Å². The van der Waals surface area contributed by atoms with Gasteiger partial charge in [-0.2, -0.15) is 0 Å². The molecule has 0 unspecified atom stereocenters. The molecule has 28 heavy (non-hydrogen) atoms. The number of halogens is 1. The molecule has 0 aromatic heterocycles. The van der Waals surface area contributed by atoms with Gasteiger partial charge < -0.3 is 20.1 Å². The summed E-state index contributed by atoms with van der Waals surface area (Å²) in [5.74, 6) is 2.60. The third kappa shape index (κ3) is 6.14. The lowest BCUT2D eigenvalue weighted by Crippen LogP contribution is -2.43. The van der Waals surface area contributed by atoms with Crippen molar-refractivity contribution in [2.45, 2.75) is 51.6 Å². The monoisotopic (exact) mass is 502 g/mol. The molecule has 0 spiro atoms. The number of benzene rings is 1. The summed E-state index contributed by atoms with van der Waals surface area (Å²) in [5, 5.41) is 6.97. The van der Waals surface area contributed by atoms with Crippen LogP contribution >= 0.6 is 24.0 Å². The molecular weight excluding hydrogens is 467 g/mol. The summed E-state index contributed by atoms with van der Waals surface area (Å²) in [6, 6.07) is 4.83. The van der Waals surface area contributed by atoms with E-state index in [1.165, 1.54) is 36.8 Å². The van der Waals surface area contributed by atoms with Gasteiger partial charge in [0.05, 0.1) is 20.8 Å². The van der Waals surface area contributed by atoms with Gasteiger partial charge in [-0.1, -0.05) is 12.8 Å². The predicted molar refractivity (Wildman–Crippen MR) is 125 cm³/mol. The van der Waals surface area contributed by atoms with Crippen LogP contribution in [0.5, 0.6) is 11.5 Å². The number of nitrogens with one attached hydrogen (secondary N) is 2. The average Bonchev–Trinajstić information content (AvgIpc) is 3.20. The lowest BCUT2D eigenvalue weighted by atomic mass is 9.99. The van der Waals surface area contributed by atoms with Crippen LogP contribution in [0.4, 0.5) is 0 Å². The highest BCUT2D eigenvalue weighted by Gasteiger charge is 2.19. The highest BCUT2D eigenvalue weighted by atomic mass is 127. The fourth-order valence-electron chi connectivity index (χ4n) is 4.02. The van der Waals surface area contributed by atoms with Gasteiger partial charge in [0, 0.05) is 32.2 Å². The average molecular weight is 502 g/mol. The SMILES string of the molecule is CCNC(=NCCN1CCc2cc(OC)c(OC)cc2C1)NC1CCCC1.I. The molecule has 1 aromatic rings. The van der Waals surface area contributed by atoms with E-state index in [1.54, 1.807) is 14.2 Å². The Morgan fingerprint density at radius 2 is 1.82 bits per heavy atom. The van der Waals surface area contributed by atoms with E-state index in [2.05, 4.69) is 34.6 Å². The number of hydrogen-bond acceptors (Lipinski definition) is 4. The number of rotatable bonds is 7. The second kappa shape index (κ2) is 11.7. The van der Waals surface area contributed by atoms with Gasteiger partial charge in [0.15, 0.2) is 17.5 Å². The first-order valence-electron chi connectivity index (χ1n) is 10.2. The van der Waals surface area contributed by atoms with Crippen molar-refractivity contribution in [2.75, 3.05) is 40.4 Å². The Labute approximate surface area is 186 Å². The molecular formula is C21H35IN4O2. The fourth-order valence-corrected chi connectivity index (χ4v) is 4.02. The highest BCUT2D eigenvalue weighted by molar-refractivity contribution is 14.0. The van der Waals surface area contributed by atoms with Crippen LogP contribution in [-0.2, 0) is 13.0 Å². The molecule has 0 bridgehead atoms. The summed E-state index contributed by atoms with van der Waals surface area (Å²) in [6.45, 7) is 6.80. The number of hydrogen-bond donors (Lipinski definition) is 2. The Morgan fingerprint density at radius 3 is 2.46 bits per heavy atom. The molecule has 1 aliphatic carbocycles. The van der Waals surface area contributed by atoms with Gasteiger partial charge in [0.2, 0.25) is 0 Å². The van der Waals surface area contributed by atoms with E-state index in [0.29, 0.717) is 6.04 Å². The van der Waals surface area contributed by atoms with Crippen LogP contribution in [0.1, 0.15) is 43.7 Å². The van der Waals surface area contributed by atoms with Crippen molar-refractivity contribution in [3.8, 4) is 11.5 Å². The predicted octanol–water partition coefficient (Wildman–Crippen LogP) is 3.18. The van der Waals surface area contributed by atoms with Crippen molar-refractivity contribution in [2.24, 2.45) is 4.99 Å². The molecule has 0 radical (unpaired) electrons. The Kier molecular flexibility index (Phi) is 9.64. The van der Waals surface area contributed by atoms with Crippen LogP contribution in [0.2, 0.25) is 0 Å². The molecule has 6 nitrogen and oxygen atoms in total. The highest BCUT2D eigenvalue weighted by Crippen LogP contribution is 2.33. The molecule has 1 aliphatic heterocycles. The van der Waals surface area contributed by atoms with Gasteiger partial charge >= 0.3 is 0 Å². The lowest BCUT2D eigenvalue weighted by molar-refractivity contribution is 0.260. The third-order valence-electron chi connectivity index (χ3n) is 5.52. The van der Waals surface area contributed by atoms with Crippen LogP contribution in [0.25, 0.3) is 0 Å². The number of guanidine groups is 1. The number of fused-ring (bicyclic) bond motifs is 1. The van der Waals surface area contributed by atoms with Crippen LogP contribution in [-0.4, -0.2) is 57.3 Å². The molecule has 1 fully saturated rings. The zero-order chi connectivity index (χ0) is 19.1. The van der Waals surface area contributed by atoms with Gasteiger partial charge in [0.25, 0.3) is 0 Å². The third-order valence-corrected chi connectivity index (χ3v) is 5.52. The Bertz CT molecular complexity index is 648. The first-order chi connectivity index (χ1) is 13.2. The number of nitrogens with zero attached hydrogens (tertiary/aromatic N) is 2. The molecule has 1 heterocycles. The van der Waals surface area contributed by atoms with E-state index in [0.717, 1.165) is 56.6 Å². The minimum absolute atomic E-state index is 0. The topological polar surface area (TPSA) is 58.1 Å². The standard InChI is InChI=1S/C21H34N4O2.HI/c1-4-22-21(24-18-7-5-6-8-18)23-10-12-25-11-9-16-13-19(26-2)20(27-3)14-17(16)15-25;/h13-14,18H,4-12,15H2,1-3H3,(H2,22,23,24);1H. The lowest BCUT2D eigenvalue weighted by Gasteiger charge is -2.29. The van der Waals surface area contributed by atoms with Gasteiger partial charge in [-0.25, -0.2) is 0 Å². The van der Waals surface area contributed by atoms with Crippen LogP contribution in [0.15, 0.2) is 17.1 Å². The van der Waals surface area contributed by atoms with Crippen molar-refractivity contribution < 1.29 is 9.47 Å². The van der Waals surface area contributed by atoms with Gasteiger partial charge in [-0.3, -0.25) is 9.89 Å². The largest absolute Gasteiger partial charge is 0.493 e. The molecule has 7 heteroatoms. The van der Waals surface area contributed by atoms with Crippen molar-refractivity contribution >= 4 is 29.9 Å². The van der Waals surface area contributed by atoms with Crippen molar-refractivity contribution in [1.82, 2.24) is 15.5 Å². The number of ether oxygens (including phenoxy) is 2. The van der Waals surface area contributed by atoms with E-state index in [1.807, 2.05) is 0 Å². The van der Waals surface area contributed by atoms with Gasteiger partial charge in [0.1, 0.15) is 0 Å². The Hall–Kier alpha value is -1.22. The van der Waals surface area contributed by atoms with E-state index in [9.17, 15) is 0 Å². The fraction of sp³-hybridized carbons (Fsp3) is 0.667. The Balaban J connectivity index is 0.00000280. The van der Waals surface area contributed by atoms with Crippen LogP contribution in [0.3, 0.4) is 0 Å². The maximum atomic E-state index is 5.46. The summed E-state index contributed by atoms with van der Waals surface area (Å²) < 4.78 is 10.9. The summed E-state index contributed by atoms with van der Waals surface area (Å²) in [5.41, 5.74) is 2.70. The molecule has 0 saturated heterocycles. The minimum Gasteiger partial charge on any atom is -0.493 e. The molecule has 3 rings (SSSR count). The summed E-state index contributed by atoms with van der Waals surface area (Å²) >= 11 is 0. The summed E-state index contributed by atoms with van der Waals surface area (Å²) in [6.07, 6.45) is 6.23. The summed E-state index contributed by atoms with van der Waals surface area (Å²) in [4.78, 5) is 7.27. The van der Waals surface area contributed by atoms with Crippen LogP contribution in [0, 0.1) is 0 Å². The van der Waals surface area contributed by atoms with E-state index in [-0.39, 0.29) is 24.0 Å². The summed E-state index contributed by atoms with van der Waals surface area (Å²) in [7, 11) is 3.39. The first-order valence-corrected chi connectivity index (χ1v) is 10.2. The molecule has 2 N–H and O–H groups in total. The maximum Gasteiger partial charge on any atom is 0.191 e. The molecule has 0 atom stereocenters. The molecule has 2 aliphatic rings. The normalized spacial score (nSPS) is 17.6. The maximum absolute atomic E-state index is 5.46. The van der Waals surface area contributed by atoms with Crippen molar-refractivity contribution in [1.29, 1.82) is 0 Å². The molecule has 1 aromatic carbocycles. The second-order valence-corrected chi connectivity index (χ2v) is 7.39. The van der Waals surface area contributed by atoms with Gasteiger partial charge in [-0.15, -0.1) is 24.0 Å². The molecule has 1 saturated carbocycles. The second-order valence-electron chi connectivity index (χ2n) is 7.39. The first kappa shape index (κ1) is 23.1. The number of aliphatic imine (C=N–C) groups is 1. The van der Waals surface area contributed by atoms with Crippen molar-refractivity contribution in [3.05, 3.63) is 23.3 Å². The number of methoxy groups -OCH3 is 2. The van der Waals surface area contributed by atoms with E-state index in [4.69, 9.17) is 14.5 Å². The minimum atomic E-state index is 0. The smallest absolute Gasteiger partial charge is 0.191 e.